The van der Waals surface area contributed by atoms with Crippen molar-refractivity contribution in [3.05, 3.63) is 62.6 Å². The zero-order valence-corrected chi connectivity index (χ0v) is 13.7. The van der Waals surface area contributed by atoms with Gasteiger partial charge in [0.05, 0.1) is 22.6 Å². The van der Waals surface area contributed by atoms with Crippen molar-refractivity contribution in [1.29, 1.82) is 0 Å². The van der Waals surface area contributed by atoms with Crippen LogP contribution >= 0.6 is 27.5 Å². The molecule has 0 bridgehead atoms. The highest BCUT2D eigenvalue weighted by Crippen LogP contribution is 2.36. The molecule has 0 aromatic heterocycles. The Balaban J connectivity index is 2.61. The molecule has 1 atom stereocenters. The molecule has 2 nitrogen and oxygen atoms in total. The summed E-state index contributed by atoms with van der Waals surface area (Å²) in [5.74, 6) is -0.583. The molecule has 2 rings (SSSR count). The fourth-order valence-corrected chi connectivity index (χ4v) is 2.76. The molecule has 1 N–H and O–H groups in total. The van der Waals surface area contributed by atoms with E-state index in [2.05, 4.69) is 21.2 Å². The first-order chi connectivity index (χ1) is 9.99. The van der Waals surface area contributed by atoms with Gasteiger partial charge in [-0.2, -0.15) is 0 Å². The summed E-state index contributed by atoms with van der Waals surface area (Å²) in [7, 11) is 3.16. The van der Waals surface area contributed by atoms with Crippen LogP contribution in [0.4, 0.5) is 8.78 Å². The van der Waals surface area contributed by atoms with Crippen LogP contribution in [0.1, 0.15) is 17.2 Å². The van der Waals surface area contributed by atoms with Crippen LogP contribution in [0.15, 0.2) is 34.8 Å². The molecule has 0 saturated heterocycles. The van der Waals surface area contributed by atoms with Gasteiger partial charge in [0.25, 0.3) is 0 Å². The molecule has 0 aliphatic carbocycles. The Bertz CT molecular complexity index is 666. The third-order valence-corrected chi connectivity index (χ3v) is 4.17. The quantitative estimate of drug-likeness (QED) is 0.835. The SMILES string of the molecule is CNC(c1cc(Br)c(F)cc1OC)c1cccc(F)c1Cl. The number of ether oxygens (including phenoxy) is 1. The molecule has 0 fully saturated rings. The van der Waals surface area contributed by atoms with E-state index in [1.807, 2.05) is 0 Å². The third kappa shape index (κ3) is 3.20. The second kappa shape index (κ2) is 6.73. The van der Waals surface area contributed by atoms with Gasteiger partial charge in [0.2, 0.25) is 0 Å². The molecule has 0 aliphatic heterocycles. The van der Waals surface area contributed by atoms with E-state index in [0.29, 0.717) is 21.3 Å². The molecule has 2 aromatic carbocycles. The van der Waals surface area contributed by atoms with Gasteiger partial charge in [-0.1, -0.05) is 23.7 Å². The summed E-state index contributed by atoms with van der Waals surface area (Å²) in [5.41, 5.74) is 1.21. The van der Waals surface area contributed by atoms with Crippen molar-refractivity contribution in [2.75, 3.05) is 14.2 Å². The summed E-state index contributed by atoms with van der Waals surface area (Å²) in [6.45, 7) is 0. The Hall–Kier alpha value is -1.17. The Morgan fingerprint density at radius 2 is 1.90 bits per heavy atom. The van der Waals surface area contributed by atoms with Crippen LogP contribution in [0.3, 0.4) is 0 Å². The van der Waals surface area contributed by atoms with Crippen molar-refractivity contribution in [3.8, 4) is 5.75 Å². The maximum Gasteiger partial charge on any atom is 0.142 e. The van der Waals surface area contributed by atoms with E-state index in [-0.39, 0.29) is 5.02 Å². The molecule has 0 aliphatic rings. The van der Waals surface area contributed by atoms with Gasteiger partial charge in [-0.15, -0.1) is 0 Å². The van der Waals surface area contributed by atoms with Gasteiger partial charge < -0.3 is 10.1 Å². The van der Waals surface area contributed by atoms with Gasteiger partial charge in [0.15, 0.2) is 0 Å². The molecular weight excluding hydrogens is 364 g/mol. The topological polar surface area (TPSA) is 21.3 Å². The number of halogens is 4. The van der Waals surface area contributed by atoms with Crippen LogP contribution in [0, 0.1) is 11.6 Å². The normalized spacial score (nSPS) is 12.3. The van der Waals surface area contributed by atoms with Crippen molar-refractivity contribution in [1.82, 2.24) is 5.32 Å². The zero-order valence-electron chi connectivity index (χ0n) is 11.4. The standard InChI is InChI=1S/C15H13BrClF2NO/c1-20-15(8-4-3-5-11(18)14(8)17)9-6-10(16)12(19)7-13(9)21-2/h3-7,15,20H,1-2H3. The lowest BCUT2D eigenvalue weighted by molar-refractivity contribution is 0.401. The van der Waals surface area contributed by atoms with Gasteiger partial charge in [0.1, 0.15) is 17.4 Å². The molecule has 0 radical (unpaired) electrons. The smallest absolute Gasteiger partial charge is 0.142 e. The monoisotopic (exact) mass is 375 g/mol. The Kier molecular flexibility index (Phi) is 5.19. The van der Waals surface area contributed by atoms with E-state index < -0.39 is 17.7 Å². The summed E-state index contributed by atoms with van der Waals surface area (Å²) in [4.78, 5) is 0. The summed E-state index contributed by atoms with van der Waals surface area (Å²) >= 11 is 9.19. The minimum absolute atomic E-state index is 0.0272. The summed E-state index contributed by atoms with van der Waals surface area (Å²) in [6, 6.07) is 7.01. The lowest BCUT2D eigenvalue weighted by Gasteiger charge is -2.21. The predicted octanol–water partition coefficient (Wildman–Crippen LogP) is 4.70. The summed E-state index contributed by atoms with van der Waals surface area (Å²) in [5, 5.41) is 3.08. The van der Waals surface area contributed by atoms with Gasteiger partial charge in [-0.3, -0.25) is 0 Å². The van der Waals surface area contributed by atoms with Crippen LogP contribution in [0.5, 0.6) is 5.75 Å². The van der Waals surface area contributed by atoms with Crippen LogP contribution in [-0.4, -0.2) is 14.2 Å². The lowest BCUT2D eigenvalue weighted by Crippen LogP contribution is -2.19. The summed E-state index contributed by atoms with van der Waals surface area (Å²) < 4.78 is 32.8. The van der Waals surface area contributed by atoms with Gasteiger partial charge in [-0.25, -0.2) is 8.78 Å². The number of benzene rings is 2. The number of rotatable bonds is 4. The maximum atomic E-state index is 13.7. The lowest BCUT2D eigenvalue weighted by atomic mass is 9.97. The zero-order chi connectivity index (χ0) is 15.6. The fourth-order valence-electron chi connectivity index (χ4n) is 2.17. The maximum absolute atomic E-state index is 13.7. The number of hydrogen-bond acceptors (Lipinski definition) is 2. The van der Waals surface area contributed by atoms with E-state index in [1.165, 1.54) is 19.2 Å². The van der Waals surface area contributed by atoms with E-state index in [4.69, 9.17) is 16.3 Å². The molecule has 0 saturated carbocycles. The molecule has 112 valence electrons. The molecule has 6 heteroatoms. The Labute approximate surface area is 135 Å². The molecular formula is C15H13BrClF2NO. The highest BCUT2D eigenvalue weighted by molar-refractivity contribution is 9.10. The number of hydrogen-bond donors (Lipinski definition) is 1. The van der Waals surface area contributed by atoms with Crippen molar-refractivity contribution in [3.63, 3.8) is 0 Å². The number of methoxy groups -OCH3 is 1. The fraction of sp³-hybridized carbons (Fsp3) is 0.200. The first-order valence-electron chi connectivity index (χ1n) is 6.13. The average Bonchev–Trinajstić information content (AvgIpc) is 2.47. The molecule has 0 spiro atoms. The van der Waals surface area contributed by atoms with Gasteiger partial charge in [0, 0.05) is 11.6 Å². The van der Waals surface area contributed by atoms with Crippen LogP contribution in [0.2, 0.25) is 5.02 Å². The highest BCUT2D eigenvalue weighted by Gasteiger charge is 2.22. The predicted molar refractivity (Wildman–Crippen MR) is 83.0 cm³/mol. The molecule has 0 amide bonds. The molecule has 0 heterocycles. The minimum Gasteiger partial charge on any atom is -0.496 e. The Morgan fingerprint density at radius 3 is 2.52 bits per heavy atom. The Morgan fingerprint density at radius 1 is 1.19 bits per heavy atom. The van der Waals surface area contributed by atoms with E-state index in [9.17, 15) is 8.78 Å². The van der Waals surface area contributed by atoms with E-state index in [0.717, 1.165) is 0 Å². The second-order valence-electron chi connectivity index (χ2n) is 4.37. The average molecular weight is 377 g/mol. The van der Waals surface area contributed by atoms with E-state index >= 15 is 0 Å². The number of nitrogens with one attached hydrogen (secondary N) is 1. The molecule has 2 aromatic rings. The largest absolute Gasteiger partial charge is 0.496 e. The van der Waals surface area contributed by atoms with Gasteiger partial charge >= 0.3 is 0 Å². The van der Waals surface area contributed by atoms with Crippen molar-refractivity contribution in [2.24, 2.45) is 0 Å². The first-order valence-corrected chi connectivity index (χ1v) is 7.30. The molecule has 21 heavy (non-hydrogen) atoms. The van der Waals surface area contributed by atoms with Crippen LogP contribution in [0.25, 0.3) is 0 Å². The van der Waals surface area contributed by atoms with Gasteiger partial charge in [-0.05, 0) is 40.7 Å². The highest BCUT2D eigenvalue weighted by atomic mass is 79.9. The molecule has 1 unspecified atom stereocenters. The summed E-state index contributed by atoms with van der Waals surface area (Å²) in [6.07, 6.45) is 0. The first kappa shape index (κ1) is 16.2. The van der Waals surface area contributed by atoms with Crippen LogP contribution in [-0.2, 0) is 0 Å². The van der Waals surface area contributed by atoms with Crippen molar-refractivity contribution in [2.45, 2.75) is 6.04 Å². The van der Waals surface area contributed by atoms with Crippen molar-refractivity contribution >= 4 is 27.5 Å². The van der Waals surface area contributed by atoms with E-state index in [1.54, 1.807) is 25.2 Å². The minimum atomic E-state index is -0.505. The second-order valence-corrected chi connectivity index (χ2v) is 5.61. The van der Waals surface area contributed by atoms with Crippen molar-refractivity contribution < 1.29 is 13.5 Å². The third-order valence-electron chi connectivity index (χ3n) is 3.16. The van der Waals surface area contributed by atoms with Crippen LogP contribution < -0.4 is 10.1 Å².